The Bertz CT molecular complexity index is 243. The summed E-state index contributed by atoms with van der Waals surface area (Å²) in [5, 5.41) is 0. The predicted molar refractivity (Wildman–Crippen MR) is 76.1 cm³/mol. The van der Waals surface area contributed by atoms with Gasteiger partial charge in [-0.3, -0.25) is 4.90 Å². The zero-order valence-corrected chi connectivity index (χ0v) is 12.0. The van der Waals surface area contributed by atoms with Crippen LogP contribution in [0.4, 0.5) is 0 Å². The molecule has 0 amide bonds. The highest BCUT2D eigenvalue weighted by Crippen LogP contribution is 2.28. The fourth-order valence-corrected chi connectivity index (χ4v) is 2.84. The van der Waals surface area contributed by atoms with Crippen LogP contribution >= 0.6 is 0 Å². The molecule has 1 saturated heterocycles. The number of nitrogens with zero attached hydrogens (tertiary/aromatic N) is 1. The number of rotatable bonds is 6. The van der Waals surface area contributed by atoms with Crippen LogP contribution in [0.2, 0.25) is 0 Å². The lowest BCUT2D eigenvalue weighted by atomic mass is 9.83. The van der Waals surface area contributed by atoms with Gasteiger partial charge in [0.2, 0.25) is 0 Å². The largest absolute Gasteiger partial charge is 0.326 e. The van der Waals surface area contributed by atoms with Crippen molar-refractivity contribution in [1.29, 1.82) is 0 Å². The third-order valence-electron chi connectivity index (χ3n) is 4.48. The van der Waals surface area contributed by atoms with Crippen LogP contribution in [0.5, 0.6) is 0 Å². The quantitative estimate of drug-likeness (QED) is 0.719. The van der Waals surface area contributed by atoms with Crippen LogP contribution in [0, 0.1) is 0 Å². The summed E-state index contributed by atoms with van der Waals surface area (Å²) in [4.78, 5) is 2.62. The molecule has 0 aromatic carbocycles. The van der Waals surface area contributed by atoms with Gasteiger partial charge in [-0.05, 0) is 59.0 Å². The highest BCUT2D eigenvalue weighted by molar-refractivity contribution is 4.98. The van der Waals surface area contributed by atoms with Crippen LogP contribution in [0.3, 0.4) is 0 Å². The van der Waals surface area contributed by atoms with Crippen LogP contribution < -0.4 is 5.73 Å². The lowest BCUT2D eigenvalue weighted by Gasteiger charge is -2.47. The van der Waals surface area contributed by atoms with Crippen molar-refractivity contribution in [3.05, 3.63) is 12.2 Å². The summed E-state index contributed by atoms with van der Waals surface area (Å²) in [6.45, 7) is 13.1. The smallest absolute Gasteiger partial charge is 0.0329 e. The van der Waals surface area contributed by atoms with Gasteiger partial charge in [0.05, 0.1) is 0 Å². The molecule has 1 aliphatic heterocycles. The Labute approximate surface area is 107 Å². The van der Waals surface area contributed by atoms with E-state index in [0.717, 1.165) is 19.3 Å². The molecule has 2 atom stereocenters. The predicted octanol–water partition coefficient (Wildman–Crippen LogP) is 3.32. The van der Waals surface area contributed by atoms with E-state index < -0.39 is 0 Å². The van der Waals surface area contributed by atoms with Gasteiger partial charge in [-0.2, -0.15) is 0 Å². The molecule has 1 fully saturated rings. The van der Waals surface area contributed by atoms with Gasteiger partial charge < -0.3 is 5.73 Å². The average molecular weight is 238 g/mol. The lowest BCUT2D eigenvalue weighted by Crippen LogP contribution is -2.59. The Kier molecular flexibility index (Phi) is 5.68. The fourth-order valence-electron chi connectivity index (χ4n) is 2.84. The maximum Gasteiger partial charge on any atom is 0.0329 e. The van der Waals surface area contributed by atoms with E-state index in [0.29, 0.717) is 0 Å². The summed E-state index contributed by atoms with van der Waals surface area (Å²) < 4.78 is 0. The molecule has 17 heavy (non-hydrogen) atoms. The van der Waals surface area contributed by atoms with E-state index in [1.54, 1.807) is 0 Å². The second-order valence-electron chi connectivity index (χ2n) is 5.86. The molecule has 0 spiro atoms. The van der Waals surface area contributed by atoms with E-state index in [2.05, 4.69) is 32.3 Å². The van der Waals surface area contributed by atoms with E-state index in [1.165, 1.54) is 37.9 Å². The molecule has 1 aliphatic rings. The van der Waals surface area contributed by atoms with Crippen LogP contribution in [-0.4, -0.2) is 29.6 Å². The van der Waals surface area contributed by atoms with Crippen LogP contribution in [0.25, 0.3) is 0 Å². The normalized spacial score (nSPS) is 23.1. The standard InChI is InChI=1S/C15H30N2/c1-5-15(4,14(16)10-9-13(2)3)17-11-7-6-8-12-17/h14H,2,5-12,16H2,1,3-4H3. The Balaban J connectivity index is 2.61. The second-order valence-corrected chi connectivity index (χ2v) is 5.86. The van der Waals surface area contributed by atoms with Crippen molar-refractivity contribution in [2.75, 3.05) is 13.1 Å². The number of nitrogens with two attached hydrogens (primary N) is 1. The van der Waals surface area contributed by atoms with Crippen LogP contribution in [0.1, 0.15) is 59.3 Å². The van der Waals surface area contributed by atoms with Gasteiger partial charge in [-0.25, -0.2) is 0 Å². The molecular weight excluding hydrogens is 208 g/mol. The minimum Gasteiger partial charge on any atom is -0.326 e. The molecule has 1 rings (SSSR count). The first-order chi connectivity index (χ1) is 8.00. The highest BCUT2D eigenvalue weighted by Gasteiger charge is 2.36. The van der Waals surface area contributed by atoms with Crippen LogP contribution in [-0.2, 0) is 0 Å². The first-order valence-corrected chi connectivity index (χ1v) is 7.15. The van der Waals surface area contributed by atoms with Crippen molar-refractivity contribution in [2.24, 2.45) is 5.73 Å². The first-order valence-electron chi connectivity index (χ1n) is 7.15. The summed E-state index contributed by atoms with van der Waals surface area (Å²) >= 11 is 0. The first kappa shape index (κ1) is 14.7. The number of hydrogen-bond donors (Lipinski definition) is 1. The van der Waals surface area contributed by atoms with Crippen molar-refractivity contribution < 1.29 is 0 Å². The third-order valence-corrected chi connectivity index (χ3v) is 4.48. The maximum atomic E-state index is 6.46. The van der Waals surface area contributed by atoms with Crippen molar-refractivity contribution in [3.8, 4) is 0 Å². The van der Waals surface area contributed by atoms with E-state index >= 15 is 0 Å². The van der Waals surface area contributed by atoms with E-state index in [9.17, 15) is 0 Å². The Morgan fingerprint density at radius 3 is 2.41 bits per heavy atom. The fraction of sp³-hybridized carbons (Fsp3) is 0.867. The van der Waals surface area contributed by atoms with Crippen LogP contribution in [0.15, 0.2) is 12.2 Å². The summed E-state index contributed by atoms with van der Waals surface area (Å²) in [5.74, 6) is 0. The highest BCUT2D eigenvalue weighted by atomic mass is 15.2. The van der Waals surface area contributed by atoms with Crippen molar-refractivity contribution in [1.82, 2.24) is 4.90 Å². The molecule has 0 aromatic heterocycles. The summed E-state index contributed by atoms with van der Waals surface area (Å²) in [6.07, 6.45) is 7.33. The molecule has 2 nitrogen and oxygen atoms in total. The molecule has 100 valence electrons. The second kappa shape index (κ2) is 6.55. The SMILES string of the molecule is C=C(C)CCC(N)C(C)(CC)N1CCCCC1. The summed E-state index contributed by atoms with van der Waals surface area (Å²) in [7, 11) is 0. The number of piperidine rings is 1. The molecule has 0 aromatic rings. The molecular formula is C15H30N2. The number of likely N-dealkylation sites (tertiary alicyclic amines) is 1. The molecule has 2 heteroatoms. The molecule has 1 heterocycles. The van der Waals surface area contributed by atoms with Crippen molar-refractivity contribution in [2.45, 2.75) is 70.9 Å². The van der Waals surface area contributed by atoms with E-state index in [1.807, 2.05) is 0 Å². The van der Waals surface area contributed by atoms with Gasteiger partial charge in [0.25, 0.3) is 0 Å². The molecule has 2 N–H and O–H groups in total. The monoisotopic (exact) mass is 238 g/mol. The Hall–Kier alpha value is -0.340. The zero-order chi connectivity index (χ0) is 12.9. The number of allylic oxidation sites excluding steroid dienone is 1. The Morgan fingerprint density at radius 1 is 1.35 bits per heavy atom. The van der Waals surface area contributed by atoms with Gasteiger partial charge >= 0.3 is 0 Å². The minimum atomic E-state index is 0.176. The zero-order valence-electron chi connectivity index (χ0n) is 12.0. The van der Waals surface area contributed by atoms with Crippen molar-refractivity contribution >= 4 is 0 Å². The molecule has 0 aliphatic carbocycles. The molecule has 0 saturated carbocycles. The maximum absolute atomic E-state index is 6.46. The van der Waals surface area contributed by atoms with E-state index in [-0.39, 0.29) is 11.6 Å². The third kappa shape index (κ3) is 3.82. The average Bonchev–Trinajstić information content (AvgIpc) is 2.35. The lowest BCUT2D eigenvalue weighted by molar-refractivity contribution is 0.0523. The molecule has 0 radical (unpaired) electrons. The van der Waals surface area contributed by atoms with Crippen molar-refractivity contribution in [3.63, 3.8) is 0 Å². The summed E-state index contributed by atoms with van der Waals surface area (Å²) in [6, 6.07) is 0.266. The summed E-state index contributed by atoms with van der Waals surface area (Å²) in [5.41, 5.74) is 7.88. The van der Waals surface area contributed by atoms with Gasteiger partial charge in [0, 0.05) is 11.6 Å². The minimum absolute atomic E-state index is 0.176. The van der Waals surface area contributed by atoms with Gasteiger partial charge in [0.1, 0.15) is 0 Å². The van der Waals surface area contributed by atoms with Gasteiger partial charge in [-0.1, -0.05) is 18.9 Å². The van der Waals surface area contributed by atoms with E-state index in [4.69, 9.17) is 5.73 Å². The molecule has 2 unspecified atom stereocenters. The van der Waals surface area contributed by atoms with Gasteiger partial charge in [-0.15, -0.1) is 6.58 Å². The van der Waals surface area contributed by atoms with Gasteiger partial charge in [0.15, 0.2) is 0 Å². The Morgan fingerprint density at radius 2 is 1.94 bits per heavy atom. The number of hydrogen-bond acceptors (Lipinski definition) is 2. The molecule has 0 bridgehead atoms. The topological polar surface area (TPSA) is 29.3 Å².